The first-order chi connectivity index (χ1) is 7.79. The van der Waals surface area contributed by atoms with Gasteiger partial charge >= 0.3 is 6.03 Å². The summed E-state index contributed by atoms with van der Waals surface area (Å²) in [6.45, 7) is 1.40. The highest BCUT2D eigenvalue weighted by atomic mass is 32.2. The average Bonchev–Trinajstić information content (AvgIpc) is 2.25. The van der Waals surface area contributed by atoms with Gasteiger partial charge in [0.15, 0.2) is 0 Å². The number of rotatable bonds is 2. The fourth-order valence-electron chi connectivity index (χ4n) is 1.32. The normalized spacial score (nSPS) is 11.1. The summed E-state index contributed by atoms with van der Waals surface area (Å²) in [5.74, 6) is 10.3. The van der Waals surface area contributed by atoms with Gasteiger partial charge < -0.3 is 0 Å². The van der Waals surface area contributed by atoms with Crippen LogP contribution in [0.3, 0.4) is 0 Å². The van der Waals surface area contributed by atoms with E-state index in [2.05, 4.69) is 0 Å². The number of amides is 2. The second kappa shape index (κ2) is 4.67. The van der Waals surface area contributed by atoms with Crippen molar-refractivity contribution in [3.05, 3.63) is 23.8 Å². The topological polar surface area (TPSA) is 139 Å². The predicted molar refractivity (Wildman–Crippen MR) is 60.4 cm³/mol. The van der Waals surface area contributed by atoms with Gasteiger partial charge in [0.25, 0.3) is 10.1 Å². The van der Waals surface area contributed by atoms with Crippen LogP contribution in [0.4, 0.5) is 10.5 Å². The van der Waals surface area contributed by atoms with E-state index in [9.17, 15) is 13.2 Å². The number of benzene rings is 1. The Morgan fingerprint density at radius 3 is 2.53 bits per heavy atom. The average molecular weight is 260 g/mol. The molecule has 0 saturated carbocycles. The SMILES string of the molecule is Cc1c(N(N)C(=O)NN)cccc1S(=O)(=O)O. The Balaban J connectivity index is 3.34. The van der Waals surface area contributed by atoms with Crippen LogP contribution < -0.4 is 22.1 Å². The molecule has 6 N–H and O–H groups in total. The van der Waals surface area contributed by atoms with Crippen molar-refractivity contribution < 1.29 is 17.8 Å². The molecule has 0 radical (unpaired) electrons. The number of nitrogens with two attached hydrogens (primary N) is 2. The first-order valence-corrected chi connectivity index (χ1v) is 5.85. The third kappa shape index (κ3) is 2.71. The van der Waals surface area contributed by atoms with E-state index in [-0.39, 0.29) is 16.1 Å². The molecule has 0 spiro atoms. The number of hydrazine groups is 2. The Labute approximate surface area is 97.9 Å². The van der Waals surface area contributed by atoms with Crippen molar-refractivity contribution >= 4 is 21.8 Å². The lowest BCUT2D eigenvalue weighted by molar-refractivity contribution is 0.246. The van der Waals surface area contributed by atoms with E-state index >= 15 is 0 Å². The van der Waals surface area contributed by atoms with E-state index in [0.717, 1.165) is 0 Å². The van der Waals surface area contributed by atoms with Crippen molar-refractivity contribution in [2.24, 2.45) is 11.7 Å². The Morgan fingerprint density at radius 1 is 1.47 bits per heavy atom. The second-order valence-electron chi connectivity index (χ2n) is 3.19. The van der Waals surface area contributed by atoms with Gasteiger partial charge in [0.1, 0.15) is 0 Å². The van der Waals surface area contributed by atoms with Crippen molar-refractivity contribution in [3.8, 4) is 0 Å². The zero-order valence-electron chi connectivity index (χ0n) is 8.91. The van der Waals surface area contributed by atoms with Crippen molar-refractivity contribution in [1.82, 2.24) is 5.43 Å². The zero-order valence-corrected chi connectivity index (χ0v) is 9.73. The van der Waals surface area contributed by atoms with Crippen LogP contribution in [0.2, 0.25) is 0 Å². The standard InChI is InChI=1S/C8H12N4O4S/c1-5-6(12(10)8(13)11-9)3-2-4-7(5)17(14,15)16/h2-4H,9-10H2,1H3,(H,11,13)(H,14,15,16). The molecule has 94 valence electrons. The van der Waals surface area contributed by atoms with E-state index in [0.29, 0.717) is 5.01 Å². The van der Waals surface area contributed by atoms with Gasteiger partial charge in [-0.3, -0.25) is 9.98 Å². The van der Waals surface area contributed by atoms with E-state index in [1.807, 2.05) is 0 Å². The molecule has 0 aliphatic carbocycles. The van der Waals surface area contributed by atoms with Gasteiger partial charge in [0.2, 0.25) is 0 Å². The highest BCUT2D eigenvalue weighted by Gasteiger charge is 2.19. The van der Waals surface area contributed by atoms with Crippen LogP contribution >= 0.6 is 0 Å². The van der Waals surface area contributed by atoms with Crippen LogP contribution in [-0.2, 0) is 10.1 Å². The molecule has 0 atom stereocenters. The third-order valence-electron chi connectivity index (χ3n) is 2.14. The van der Waals surface area contributed by atoms with Crippen LogP contribution in [-0.4, -0.2) is 19.0 Å². The molecule has 0 aliphatic heterocycles. The third-order valence-corrected chi connectivity index (χ3v) is 3.13. The second-order valence-corrected chi connectivity index (χ2v) is 4.58. The van der Waals surface area contributed by atoms with E-state index < -0.39 is 16.1 Å². The highest BCUT2D eigenvalue weighted by molar-refractivity contribution is 7.85. The summed E-state index contributed by atoms with van der Waals surface area (Å²) in [5, 5.41) is 0.643. The van der Waals surface area contributed by atoms with Crippen molar-refractivity contribution in [2.75, 3.05) is 5.01 Å². The van der Waals surface area contributed by atoms with Gasteiger partial charge in [-0.25, -0.2) is 21.5 Å². The fourth-order valence-corrected chi connectivity index (χ4v) is 2.06. The summed E-state index contributed by atoms with van der Waals surface area (Å²) in [6.07, 6.45) is 0. The number of urea groups is 1. The Morgan fingerprint density at radius 2 is 2.06 bits per heavy atom. The molecule has 8 nitrogen and oxygen atoms in total. The number of carbonyl (C=O) groups excluding carboxylic acids is 1. The monoisotopic (exact) mass is 260 g/mol. The Hall–Kier alpha value is -1.68. The molecule has 2 amide bonds. The first-order valence-electron chi connectivity index (χ1n) is 4.41. The number of nitrogens with zero attached hydrogens (tertiary/aromatic N) is 1. The van der Waals surface area contributed by atoms with Gasteiger partial charge in [-0.15, -0.1) is 0 Å². The molecule has 0 unspecified atom stereocenters. The molecular weight excluding hydrogens is 248 g/mol. The maximum absolute atomic E-state index is 11.2. The molecule has 0 aromatic heterocycles. The lowest BCUT2D eigenvalue weighted by atomic mass is 10.2. The largest absolute Gasteiger partial charge is 0.350 e. The van der Waals surface area contributed by atoms with Crippen molar-refractivity contribution in [1.29, 1.82) is 0 Å². The van der Waals surface area contributed by atoms with Gasteiger partial charge in [-0.2, -0.15) is 8.42 Å². The number of hydrogen-bond acceptors (Lipinski definition) is 5. The maximum atomic E-state index is 11.2. The molecular formula is C8H12N4O4S. The number of carbonyl (C=O) groups is 1. The molecule has 9 heteroatoms. The quantitative estimate of drug-likeness (QED) is 0.245. The minimum Gasteiger partial charge on any atom is -0.282 e. The first kappa shape index (κ1) is 13.4. The summed E-state index contributed by atoms with van der Waals surface area (Å²) in [4.78, 5) is 10.9. The van der Waals surface area contributed by atoms with Crippen molar-refractivity contribution in [3.63, 3.8) is 0 Å². The van der Waals surface area contributed by atoms with Crippen LogP contribution in [0.5, 0.6) is 0 Å². The predicted octanol–water partition coefficient (Wildman–Crippen LogP) is -0.495. The number of nitrogens with one attached hydrogen (secondary N) is 1. The molecule has 0 aliphatic rings. The van der Waals surface area contributed by atoms with Gasteiger partial charge in [-0.05, 0) is 24.6 Å². The van der Waals surface area contributed by atoms with Gasteiger partial charge in [-0.1, -0.05) is 6.07 Å². The zero-order chi connectivity index (χ0) is 13.2. The summed E-state index contributed by atoms with van der Waals surface area (Å²) < 4.78 is 31.0. The molecule has 17 heavy (non-hydrogen) atoms. The summed E-state index contributed by atoms with van der Waals surface area (Å²) >= 11 is 0. The molecule has 0 bridgehead atoms. The molecule has 1 rings (SSSR count). The highest BCUT2D eigenvalue weighted by Crippen LogP contribution is 2.24. The van der Waals surface area contributed by atoms with Crippen LogP contribution in [0.25, 0.3) is 0 Å². The molecule has 1 aromatic carbocycles. The minimum atomic E-state index is -4.37. The Kier molecular flexibility index (Phi) is 3.68. The molecule has 0 fully saturated rings. The number of anilines is 1. The summed E-state index contributed by atoms with van der Waals surface area (Å²) in [6, 6.07) is 3.14. The van der Waals surface area contributed by atoms with E-state index in [4.69, 9.17) is 16.2 Å². The summed E-state index contributed by atoms with van der Waals surface area (Å²) in [5.41, 5.74) is 2.05. The molecule has 0 heterocycles. The van der Waals surface area contributed by atoms with E-state index in [1.54, 1.807) is 5.43 Å². The molecule has 0 saturated heterocycles. The molecule has 1 aromatic rings. The minimum absolute atomic E-state index is 0.114. The Bertz CT molecular complexity index is 542. The van der Waals surface area contributed by atoms with Crippen molar-refractivity contribution in [2.45, 2.75) is 11.8 Å². The lowest BCUT2D eigenvalue weighted by Crippen LogP contribution is -2.48. The summed E-state index contributed by atoms with van der Waals surface area (Å²) in [7, 11) is -4.37. The van der Waals surface area contributed by atoms with Gasteiger partial charge in [0.05, 0.1) is 10.6 Å². The van der Waals surface area contributed by atoms with Crippen LogP contribution in [0, 0.1) is 6.92 Å². The number of hydrogen-bond donors (Lipinski definition) is 4. The van der Waals surface area contributed by atoms with Gasteiger partial charge in [0, 0.05) is 0 Å². The smallest absolute Gasteiger partial charge is 0.282 e. The maximum Gasteiger partial charge on any atom is 0.350 e. The fraction of sp³-hybridized carbons (Fsp3) is 0.125. The van der Waals surface area contributed by atoms with Crippen LogP contribution in [0.15, 0.2) is 23.1 Å². The van der Waals surface area contributed by atoms with E-state index in [1.165, 1.54) is 25.1 Å². The lowest BCUT2D eigenvalue weighted by Gasteiger charge is -2.18. The van der Waals surface area contributed by atoms with Crippen LogP contribution in [0.1, 0.15) is 5.56 Å².